The van der Waals surface area contributed by atoms with Crippen LogP contribution in [0.5, 0.6) is 11.8 Å². The van der Waals surface area contributed by atoms with Crippen molar-refractivity contribution in [3.8, 4) is 11.8 Å². The maximum Gasteiger partial charge on any atom is 0.318 e. The minimum absolute atomic E-state index is 0.0326. The lowest BCUT2D eigenvalue weighted by molar-refractivity contribution is 0.267. The van der Waals surface area contributed by atoms with E-state index in [1.807, 2.05) is 31.2 Å². The van der Waals surface area contributed by atoms with Crippen molar-refractivity contribution in [1.29, 1.82) is 0 Å². The number of anilines is 1. The summed E-state index contributed by atoms with van der Waals surface area (Å²) in [6.45, 7) is 2.69. The lowest BCUT2D eigenvalue weighted by Crippen LogP contribution is -2.05. The second-order valence-corrected chi connectivity index (χ2v) is 3.72. The zero-order valence-corrected chi connectivity index (χ0v) is 10.5. The van der Waals surface area contributed by atoms with Crippen molar-refractivity contribution < 1.29 is 13.9 Å². The largest absolute Gasteiger partial charge is 0.493 e. The van der Waals surface area contributed by atoms with Crippen molar-refractivity contribution in [1.82, 2.24) is 9.97 Å². The van der Waals surface area contributed by atoms with Gasteiger partial charge in [0, 0.05) is 5.56 Å². The third kappa shape index (κ3) is 3.31. The molecule has 2 N–H and O–H groups in total. The van der Waals surface area contributed by atoms with Crippen LogP contribution in [0.2, 0.25) is 0 Å². The molecule has 0 saturated carbocycles. The maximum atomic E-state index is 12.9. The van der Waals surface area contributed by atoms with Gasteiger partial charge in [0.05, 0.1) is 12.8 Å². The minimum Gasteiger partial charge on any atom is -0.493 e. The van der Waals surface area contributed by atoms with E-state index in [-0.39, 0.29) is 18.4 Å². The first-order chi connectivity index (χ1) is 9.20. The number of benzene rings is 1. The summed E-state index contributed by atoms with van der Waals surface area (Å²) in [4.78, 5) is 7.39. The number of nitrogen functional groups attached to an aromatic ring is 1. The molecule has 0 bridgehead atoms. The van der Waals surface area contributed by atoms with Crippen molar-refractivity contribution in [2.75, 3.05) is 12.3 Å². The normalized spacial score (nSPS) is 10.2. The van der Waals surface area contributed by atoms with Crippen LogP contribution in [0, 0.1) is 5.82 Å². The third-order valence-electron chi connectivity index (χ3n) is 2.38. The molecule has 0 radical (unpaired) electrons. The third-order valence-corrected chi connectivity index (χ3v) is 2.38. The van der Waals surface area contributed by atoms with Crippen LogP contribution in [0.1, 0.15) is 12.5 Å². The molecule has 100 valence electrons. The summed E-state index contributed by atoms with van der Waals surface area (Å²) in [6, 6.07) is 7.51. The molecule has 2 rings (SSSR count). The first-order valence-corrected chi connectivity index (χ1v) is 5.82. The lowest BCUT2D eigenvalue weighted by Gasteiger charge is -2.10. The molecule has 6 heteroatoms. The molecule has 1 heterocycles. The highest BCUT2D eigenvalue weighted by atomic mass is 19.1. The van der Waals surface area contributed by atoms with E-state index in [4.69, 9.17) is 15.2 Å². The maximum absolute atomic E-state index is 12.9. The summed E-state index contributed by atoms with van der Waals surface area (Å²) in [5.74, 6) is -0.162. The number of rotatable bonds is 5. The molecular formula is C13H14FN3O2. The van der Waals surface area contributed by atoms with Gasteiger partial charge in [-0.3, -0.25) is 0 Å². The van der Waals surface area contributed by atoms with E-state index in [0.717, 1.165) is 17.5 Å². The molecule has 0 aliphatic rings. The molecule has 0 aliphatic heterocycles. The average molecular weight is 263 g/mol. The van der Waals surface area contributed by atoms with Gasteiger partial charge in [0.15, 0.2) is 11.6 Å². The van der Waals surface area contributed by atoms with Crippen molar-refractivity contribution in [2.24, 2.45) is 0 Å². The number of halogens is 1. The van der Waals surface area contributed by atoms with Gasteiger partial charge in [-0.1, -0.05) is 18.2 Å². The van der Waals surface area contributed by atoms with Gasteiger partial charge in [-0.25, -0.2) is 9.37 Å². The van der Waals surface area contributed by atoms with Crippen LogP contribution in [0.15, 0.2) is 30.5 Å². The Bertz CT molecular complexity index is 563. The smallest absolute Gasteiger partial charge is 0.318 e. The van der Waals surface area contributed by atoms with E-state index in [2.05, 4.69) is 9.97 Å². The van der Waals surface area contributed by atoms with E-state index in [9.17, 15) is 4.39 Å². The Balaban J connectivity index is 2.07. The van der Waals surface area contributed by atoms with Gasteiger partial charge in [0.2, 0.25) is 0 Å². The zero-order chi connectivity index (χ0) is 13.7. The van der Waals surface area contributed by atoms with Crippen molar-refractivity contribution >= 4 is 5.82 Å². The van der Waals surface area contributed by atoms with Gasteiger partial charge in [-0.05, 0) is 13.0 Å². The predicted molar refractivity (Wildman–Crippen MR) is 68.3 cm³/mol. The van der Waals surface area contributed by atoms with Crippen molar-refractivity contribution in [3.63, 3.8) is 0 Å². The molecule has 0 atom stereocenters. The van der Waals surface area contributed by atoms with E-state index in [0.29, 0.717) is 6.61 Å². The molecule has 0 aliphatic carbocycles. The second-order valence-electron chi connectivity index (χ2n) is 3.72. The van der Waals surface area contributed by atoms with Crippen molar-refractivity contribution in [2.45, 2.75) is 13.5 Å². The van der Waals surface area contributed by atoms with E-state index < -0.39 is 5.82 Å². The van der Waals surface area contributed by atoms with Crippen molar-refractivity contribution in [3.05, 3.63) is 41.8 Å². The Morgan fingerprint density at radius 2 is 2.05 bits per heavy atom. The monoisotopic (exact) mass is 263 g/mol. The highest BCUT2D eigenvalue weighted by Crippen LogP contribution is 2.19. The molecule has 0 saturated heterocycles. The SMILES string of the molecule is CCOc1ccccc1COc1ncc(F)c(N)n1. The standard InChI is InChI=1S/C13H14FN3O2/c1-2-18-11-6-4-3-5-9(11)8-19-13-16-7-10(14)12(15)17-13/h3-7H,2,8H2,1H3,(H2,15,16,17). The Hall–Kier alpha value is -2.37. The van der Waals surface area contributed by atoms with Gasteiger partial charge in [-0.2, -0.15) is 4.98 Å². The summed E-state index contributed by atoms with van der Waals surface area (Å²) in [7, 11) is 0. The Morgan fingerprint density at radius 3 is 2.79 bits per heavy atom. The lowest BCUT2D eigenvalue weighted by atomic mass is 10.2. The zero-order valence-electron chi connectivity index (χ0n) is 10.5. The van der Waals surface area contributed by atoms with Gasteiger partial charge in [-0.15, -0.1) is 0 Å². The molecule has 2 aromatic rings. The van der Waals surface area contributed by atoms with Crippen LogP contribution < -0.4 is 15.2 Å². The number of para-hydroxylation sites is 1. The minimum atomic E-state index is -0.665. The van der Waals surface area contributed by atoms with Crippen LogP contribution in [-0.4, -0.2) is 16.6 Å². The number of ether oxygens (including phenoxy) is 2. The summed E-state index contributed by atoms with van der Waals surface area (Å²) >= 11 is 0. The molecule has 1 aromatic heterocycles. The van der Waals surface area contributed by atoms with Crippen LogP contribution in [-0.2, 0) is 6.61 Å². The highest BCUT2D eigenvalue weighted by Gasteiger charge is 2.07. The van der Waals surface area contributed by atoms with E-state index in [1.165, 1.54) is 0 Å². The molecular weight excluding hydrogens is 249 g/mol. The Labute approximate surface area is 110 Å². The second kappa shape index (κ2) is 5.99. The van der Waals surface area contributed by atoms with Crippen LogP contribution >= 0.6 is 0 Å². The van der Waals surface area contributed by atoms with E-state index >= 15 is 0 Å². The summed E-state index contributed by atoms with van der Waals surface area (Å²) in [6.07, 6.45) is 0.978. The van der Waals surface area contributed by atoms with Gasteiger partial charge in [0.25, 0.3) is 0 Å². The van der Waals surface area contributed by atoms with Gasteiger partial charge >= 0.3 is 6.01 Å². The summed E-state index contributed by atoms with van der Waals surface area (Å²) in [5, 5.41) is 0. The number of hydrogen-bond donors (Lipinski definition) is 1. The fourth-order valence-electron chi connectivity index (χ4n) is 1.49. The number of nitrogens with two attached hydrogens (primary N) is 1. The molecule has 0 spiro atoms. The van der Waals surface area contributed by atoms with Gasteiger partial charge < -0.3 is 15.2 Å². The summed E-state index contributed by atoms with van der Waals surface area (Å²) in [5.41, 5.74) is 6.19. The van der Waals surface area contributed by atoms with Crippen LogP contribution in [0.4, 0.5) is 10.2 Å². The van der Waals surface area contributed by atoms with Crippen LogP contribution in [0.25, 0.3) is 0 Å². The number of aromatic nitrogens is 2. The molecule has 0 fully saturated rings. The molecule has 0 amide bonds. The number of hydrogen-bond acceptors (Lipinski definition) is 5. The molecule has 5 nitrogen and oxygen atoms in total. The highest BCUT2D eigenvalue weighted by molar-refractivity contribution is 5.33. The fraction of sp³-hybridized carbons (Fsp3) is 0.231. The first kappa shape index (κ1) is 13.1. The first-order valence-electron chi connectivity index (χ1n) is 5.82. The van der Waals surface area contributed by atoms with Crippen LogP contribution in [0.3, 0.4) is 0 Å². The molecule has 19 heavy (non-hydrogen) atoms. The van der Waals surface area contributed by atoms with Gasteiger partial charge in [0.1, 0.15) is 12.4 Å². The predicted octanol–water partition coefficient (Wildman–Crippen LogP) is 2.18. The number of nitrogens with zero attached hydrogens (tertiary/aromatic N) is 2. The Kier molecular flexibility index (Phi) is 4.12. The molecule has 1 aromatic carbocycles. The Morgan fingerprint density at radius 1 is 1.26 bits per heavy atom. The quantitative estimate of drug-likeness (QED) is 0.895. The molecule has 0 unspecified atom stereocenters. The average Bonchev–Trinajstić information content (AvgIpc) is 2.42. The summed E-state index contributed by atoms with van der Waals surface area (Å²) < 4.78 is 23.7. The van der Waals surface area contributed by atoms with E-state index in [1.54, 1.807) is 0 Å². The topological polar surface area (TPSA) is 70.3 Å². The fourth-order valence-corrected chi connectivity index (χ4v) is 1.49.